The van der Waals surface area contributed by atoms with Crippen molar-refractivity contribution in [3.8, 4) is 5.75 Å². The van der Waals surface area contributed by atoms with E-state index in [0.29, 0.717) is 37.2 Å². The Labute approximate surface area is 165 Å². The van der Waals surface area contributed by atoms with E-state index >= 15 is 0 Å². The Morgan fingerprint density at radius 2 is 1.63 bits per heavy atom. The first kappa shape index (κ1) is 18.7. The molecule has 1 heterocycles. The quantitative estimate of drug-likeness (QED) is 0.843. The predicted molar refractivity (Wildman–Crippen MR) is 107 cm³/mol. The number of hydrogen-bond donors (Lipinski definition) is 1. The van der Waals surface area contributed by atoms with E-state index in [1.807, 2.05) is 33.7 Å². The van der Waals surface area contributed by atoms with Crippen LogP contribution in [-0.2, 0) is 9.59 Å². The Morgan fingerprint density at radius 1 is 1.00 bits per heavy atom. The number of carbonyl (C=O) groups is 2. The standard InChI is InChI=1S/C21H28N2O3S/c24-16-7-5-15(6-8-16)18-13-19(18)21(26)23-11-9-22(10-12-23)20(25)14-27-17-3-1-2-4-17/h5-8,17-19,24H,1-4,9-14H2/t18-,19+/m1/s1. The van der Waals surface area contributed by atoms with E-state index < -0.39 is 0 Å². The molecule has 0 aromatic heterocycles. The van der Waals surface area contributed by atoms with Crippen LogP contribution in [0.1, 0.15) is 43.6 Å². The van der Waals surface area contributed by atoms with Crippen molar-refractivity contribution in [3.63, 3.8) is 0 Å². The minimum Gasteiger partial charge on any atom is -0.508 e. The highest BCUT2D eigenvalue weighted by atomic mass is 32.2. The van der Waals surface area contributed by atoms with Crippen LogP contribution in [-0.4, -0.2) is 63.9 Å². The number of benzene rings is 1. The van der Waals surface area contributed by atoms with Gasteiger partial charge in [-0.3, -0.25) is 9.59 Å². The molecule has 1 aromatic carbocycles. The van der Waals surface area contributed by atoms with Gasteiger partial charge in [-0.2, -0.15) is 0 Å². The van der Waals surface area contributed by atoms with E-state index in [0.717, 1.165) is 12.0 Å². The summed E-state index contributed by atoms with van der Waals surface area (Å²) in [7, 11) is 0. The predicted octanol–water partition coefficient (Wildman–Crippen LogP) is 2.84. The Hall–Kier alpha value is -1.69. The summed E-state index contributed by atoms with van der Waals surface area (Å²) in [6.45, 7) is 2.62. The highest BCUT2D eigenvalue weighted by molar-refractivity contribution is 8.00. The SMILES string of the molecule is O=C(CSC1CCCC1)N1CCN(C(=O)[C@H]2C[C@@H]2c2ccc(O)cc2)CC1. The fourth-order valence-electron chi connectivity index (χ4n) is 4.30. The van der Waals surface area contributed by atoms with Crippen LogP contribution in [0.3, 0.4) is 0 Å². The average molecular weight is 389 g/mol. The van der Waals surface area contributed by atoms with Crippen LogP contribution in [0.25, 0.3) is 0 Å². The highest BCUT2D eigenvalue weighted by Gasteiger charge is 2.46. The molecule has 27 heavy (non-hydrogen) atoms. The molecular formula is C21H28N2O3S. The zero-order valence-electron chi connectivity index (χ0n) is 15.7. The van der Waals surface area contributed by atoms with E-state index in [2.05, 4.69) is 0 Å². The second kappa shape index (κ2) is 8.13. The first-order chi connectivity index (χ1) is 13.1. The van der Waals surface area contributed by atoms with Crippen LogP contribution in [0.15, 0.2) is 24.3 Å². The third-order valence-corrected chi connectivity index (χ3v) is 7.47. The van der Waals surface area contributed by atoms with Gasteiger partial charge < -0.3 is 14.9 Å². The molecule has 6 heteroatoms. The molecule has 1 aromatic rings. The van der Waals surface area contributed by atoms with Gasteiger partial charge in [-0.1, -0.05) is 25.0 Å². The van der Waals surface area contributed by atoms with Crippen molar-refractivity contribution in [1.82, 2.24) is 9.80 Å². The molecule has 1 saturated heterocycles. The summed E-state index contributed by atoms with van der Waals surface area (Å²) < 4.78 is 0. The highest BCUT2D eigenvalue weighted by Crippen LogP contribution is 2.48. The number of aromatic hydroxyl groups is 1. The number of nitrogens with zero attached hydrogens (tertiary/aromatic N) is 2. The van der Waals surface area contributed by atoms with Gasteiger partial charge in [0, 0.05) is 37.3 Å². The molecule has 2 aliphatic carbocycles. The van der Waals surface area contributed by atoms with Crippen LogP contribution in [0.2, 0.25) is 0 Å². The van der Waals surface area contributed by atoms with Crippen LogP contribution in [0.5, 0.6) is 5.75 Å². The van der Waals surface area contributed by atoms with Gasteiger partial charge in [0.15, 0.2) is 0 Å². The van der Waals surface area contributed by atoms with E-state index in [9.17, 15) is 14.7 Å². The fourth-order valence-corrected chi connectivity index (χ4v) is 5.53. The van der Waals surface area contributed by atoms with Gasteiger partial charge in [0.05, 0.1) is 5.75 Å². The van der Waals surface area contributed by atoms with E-state index in [1.165, 1.54) is 25.7 Å². The second-order valence-corrected chi connectivity index (χ2v) is 9.25. The topological polar surface area (TPSA) is 60.9 Å². The summed E-state index contributed by atoms with van der Waals surface area (Å²) in [6.07, 6.45) is 6.01. The molecule has 2 amide bonds. The molecular weight excluding hydrogens is 360 g/mol. The van der Waals surface area contributed by atoms with E-state index in [4.69, 9.17) is 0 Å². The maximum Gasteiger partial charge on any atom is 0.232 e. The van der Waals surface area contributed by atoms with Crippen LogP contribution in [0.4, 0.5) is 0 Å². The summed E-state index contributed by atoms with van der Waals surface area (Å²) in [5, 5.41) is 10.1. The lowest BCUT2D eigenvalue weighted by Gasteiger charge is -2.35. The Morgan fingerprint density at radius 3 is 2.30 bits per heavy atom. The molecule has 3 aliphatic rings. The van der Waals surface area contributed by atoms with Gasteiger partial charge in [-0.15, -0.1) is 11.8 Å². The maximum absolute atomic E-state index is 12.8. The van der Waals surface area contributed by atoms with Crippen LogP contribution in [0, 0.1) is 5.92 Å². The number of rotatable bonds is 5. The van der Waals surface area contributed by atoms with Gasteiger partial charge in [0.1, 0.15) is 5.75 Å². The van der Waals surface area contributed by atoms with Crippen molar-refractivity contribution in [2.24, 2.45) is 5.92 Å². The number of phenols is 1. The normalized spacial score (nSPS) is 25.6. The Bertz CT molecular complexity index is 679. The van der Waals surface area contributed by atoms with Gasteiger partial charge in [0.25, 0.3) is 0 Å². The van der Waals surface area contributed by atoms with Gasteiger partial charge in [0.2, 0.25) is 11.8 Å². The third kappa shape index (κ3) is 4.42. The first-order valence-corrected chi connectivity index (χ1v) is 11.1. The second-order valence-electron chi connectivity index (χ2n) is 7.96. The van der Waals surface area contributed by atoms with Crippen LogP contribution >= 0.6 is 11.8 Å². The summed E-state index contributed by atoms with van der Waals surface area (Å²) in [5.41, 5.74) is 1.13. The van der Waals surface area contributed by atoms with Gasteiger partial charge >= 0.3 is 0 Å². The van der Waals surface area contributed by atoms with Crippen molar-refractivity contribution in [2.45, 2.75) is 43.3 Å². The Kier molecular flexibility index (Phi) is 5.62. The molecule has 0 unspecified atom stereocenters. The number of phenolic OH excluding ortho intramolecular Hbond substituents is 1. The molecule has 4 rings (SSSR count). The number of thioether (sulfide) groups is 1. The van der Waals surface area contributed by atoms with Crippen molar-refractivity contribution in [1.29, 1.82) is 0 Å². The molecule has 146 valence electrons. The zero-order valence-corrected chi connectivity index (χ0v) is 16.5. The summed E-state index contributed by atoms with van der Waals surface area (Å²) >= 11 is 1.82. The van der Waals surface area contributed by atoms with Crippen molar-refractivity contribution in [3.05, 3.63) is 29.8 Å². The molecule has 0 radical (unpaired) electrons. The number of piperazine rings is 1. The lowest BCUT2D eigenvalue weighted by Crippen LogP contribution is -2.51. The molecule has 0 spiro atoms. The molecule has 1 N–H and O–H groups in total. The fraction of sp³-hybridized carbons (Fsp3) is 0.619. The van der Waals surface area contributed by atoms with Crippen molar-refractivity contribution in [2.75, 3.05) is 31.9 Å². The zero-order chi connectivity index (χ0) is 18.8. The summed E-state index contributed by atoms with van der Waals surface area (Å²) in [5.74, 6) is 1.64. The molecule has 2 atom stereocenters. The van der Waals surface area contributed by atoms with Crippen LogP contribution < -0.4 is 0 Å². The minimum atomic E-state index is 0.0646. The monoisotopic (exact) mass is 388 g/mol. The molecule has 2 saturated carbocycles. The van der Waals surface area contributed by atoms with Gasteiger partial charge in [-0.25, -0.2) is 0 Å². The smallest absolute Gasteiger partial charge is 0.232 e. The third-order valence-electron chi connectivity index (χ3n) is 6.12. The molecule has 5 nitrogen and oxygen atoms in total. The molecule has 0 bridgehead atoms. The lowest BCUT2D eigenvalue weighted by molar-refractivity contribution is -0.139. The van der Waals surface area contributed by atoms with Gasteiger partial charge in [-0.05, 0) is 42.9 Å². The molecule has 3 fully saturated rings. The Balaban J connectivity index is 1.21. The first-order valence-electron chi connectivity index (χ1n) is 10.1. The molecule has 1 aliphatic heterocycles. The number of hydrogen-bond acceptors (Lipinski definition) is 4. The number of amides is 2. The van der Waals surface area contributed by atoms with Crippen molar-refractivity contribution < 1.29 is 14.7 Å². The lowest BCUT2D eigenvalue weighted by atomic mass is 10.1. The number of carbonyl (C=O) groups excluding carboxylic acids is 2. The summed E-state index contributed by atoms with van der Waals surface area (Å²) in [4.78, 5) is 29.0. The van der Waals surface area contributed by atoms with E-state index in [1.54, 1.807) is 12.1 Å². The van der Waals surface area contributed by atoms with E-state index in [-0.39, 0.29) is 29.4 Å². The van der Waals surface area contributed by atoms with Crippen molar-refractivity contribution >= 4 is 23.6 Å². The maximum atomic E-state index is 12.8. The average Bonchev–Trinajstić information content (AvgIpc) is 3.32. The largest absolute Gasteiger partial charge is 0.508 e. The minimum absolute atomic E-state index is 0.0646. The summed E-state index contributed by atoms with van der Waals surface area (Å²) in [6, 6.07) is 7.18.